The zero-order chi connectivity index (χ0) is 11.6. The molecule has 1 aromatic rings. The van der Waals surface area contributed by atoms with Crippen molar-refractivity contribution in [2.45, 2.75) is 6.92 Å². The van der Waals surface area contributed by atoms with Crippen molar-refractivity contribution in [3.8, 4) is 0 Å². The third kappa shape index (κ3) is 2.63. The lowest BCUT2D eigenvalue weighted by Crippen LogP contribution is -2.06. The first kappa shape index (κ1) is 12.3. The maximum atomic E-state index is 11.5. The molecule has 0 aliphatic heterocycles. The van der Waals surface area contributed by atoms with E-state index in [1.54, 1.807) is 13.0 Å². The molecule has 0 radical (unpaired) electrons. The van der Waals surface area contributed by atoms with Crippen LogP contribution in [0.5, 0.6) is 0 Å². The van der Waals surface area contributed by atoms with E-state index in [0.717, 1.165) is 5.56 Å². The van der Waals surface area contributed by atoms with Gasteiger partial charge in [0.05, 0.1) is 20.3 Å². The second-order valence-electron chi connectivity index (χ2n) is 2.96. The van der Waals surface area contributed by atoms with Crippen molar-refractivity contribution in [2.75, 3.05) is 5.33 Å². The number of alkyl halides is 1. The number of ketones is 1. The van der Waals surface area contributed by atoms with Crippen LogP contribution in [0.4, 0.5) is 5.69 Å². The van der Waals surface area contributed by atoms with Crippen molar-refractivity contribution in [3.63, 3.8) is 0 Å². The highest BCUT2D eigenvalue weighted by Crippen LogP contribution is 2.30. The van der Waals surface area contributed by atoms with Crippen molar-refractivity contribution in [1.82, 2.24) is 0 Å². The molecule has 15 heavy (non-hydrogen) atoms. The topological polar surface area (TPSA) is 60.2 Å². The number of halogens is 2. The molecule has 0 amide bonds. The average Bonchev–Trinajstić information content (AvgIpc) is 2.14. The van der Waals surface area contributed by atoms with E-state index in [-0.39, 0.29) is 22.4 Å². The summed E-state index contributed by atoms with van der Waals surface area (Å²) in [7, 11) is 0. The number of benzene rings is 1. The summed E-state index contributed by atoms with van der Waals surface area (Å²) >= 11 is 6.08. The Balaban J connectivity index is 3.46. The van der Waals surface area contributed by atoms with Gasteiger partial charge in [0.15, 0.2) is 5.78 Å². The van der Waals surface area contributed by atoms with Crippen LogP contribution < -0.4 is 0 Å². The van der Waals surface area contributed by atoms with Crippen molar-refractivity contribution in [2.24, 2.45) is 0 Å². The van der Waals surface area contributed by atoms with Gasteiger partial charge in [-0.25, -0.2) is 0 Å². The van der Waals surface area contributed by atoms with Gasteiger partial charge in [0.1, 0.15) is 0 Å². The first-order chi connectivity index (χ1) is 6.97. The molecule has 4 nitrogen and oxygen atoms in total. The van der Waals surface area contributed by atoms with Crippen LogP contribution >= 0.6 is 31.9 Å². The van der Waals surface area contributed by atoms with Crippen molar-refractivity contribution < 1.29 is 9.72 Å². The molecular weight excluding hydrogens is 330 g/mol. The van der Waals surface area contributed by atoms with Crippen molar-refractivity contribution in [1.29, 1.82) is 0 Å². The first-order valence-electron chi connectivity index (χ1n) is 4.01. The monoisotopic (exact) mass is 335 g/mol. The summed E-state index contributed by atoms with van der Waals surface area (Å²) in [6.45, 7) is 1.78. The highest BCUT2D eigenvalue weighted by Gasteiger charge is 2.23. The van der Waals surface area contributed by atoms with Crippen LogP contribution in [0.2, 0.25) is 0 Å². The standard InChI is InChI=1S/C9H7Br2NO3/c1-5-2-6(8(13)4-10)9(12(14)15)7(11)3-5/h2-3H,4H2,1H3. The van der Waals surface area contributed by atoms with E-state index in [0.29, 0.717) is 4.47 Å². The predicted octanol–water partition coefficient (Wildman–Crippen LogP) is 3.24. The fourth-order valence-corrected chi connectivity index (χ4v) is 2.23. The van der Waals surface area contributed by atoms with Crippen LogP contribution in [0.3, 0.4) is 0 Å². The molecule has 1 rings (SSSR count). The number of nitrogens with zero attached hydrogens (tertiary/aromatic N) is 1. The van der Waals surface area contributed by atoms with E-state index in [2.05, 4.69) is 31.9 Å². The molecule has 0 aromatic heterocycles. The molecule has 0 aliphatic rings. The van der Waals surface area contributed by atoms with Gasteiger partial charge in [0.25, 0.3) is 5.69 Å². The molecule has 0 N–H and O–H groups in total. The molecule has 0 bridgehead atoms. The molecule has 0 fully saturated rings. The minimum atomic E-state index is -0.556. The van der Waals surface area contributed by atoms with E-state index in [1.807, 2.05) is 0 Å². The summed E-state index contributed by atoms with van der Waals surface area (Å²) in [5.74, 6) is -0.300. The summed E-state index contributed by atoms with van der Waals surface area (Å²) in [4.78, 5) is 21.7. The third-order valence-electron chi connectivity index (χ3n) is 1.81. The van der Waals surface area contributed by atoms with E-state index >= 15 is 0 Å². The molecule has 0 saturated carbocycles. The molecular formula is C9H7Br2NO3. The minimum Gasteiger partial charge on any atom is -0.293 e. The molecule has 0 atom stereocenters. The number of hydrogen-bond acceptors (Lipinski definition) is 3. The zero-order valence-electron chi connectivity index (χ0n) is 7.79. The van der Waals surface area contributed by atoms with Crippen molar-refractivity contribution >= 4 is 43.3 Å². The summed E-state index contributed by atoms with van der Waals surface area (Å²) in [6, 6.07) is 3.13. The number of aryl methyl sites for hydroxylation is 1. The molecule has 6 heteroatoms. The second kappa shape index (κ2) is 4.85. The minimum absolute atomic E-state index is 0.0731. The van der Waals surface area contributed by atoms with Gasteiger partial charge in [-0.3, -0.25) is 14.9 Å². The molecule has 0 heterocycles. The summed E-state index contributed by atoms with van der Waals surface area (Å²) in [5.41, 5.74) is 0.755. The Bertz CT molecular complexity index is 432. The number of rotatable bonds is 3. The van der Waals surface area contributed by atoms with Gasteiger partial charge in [-0.15, -0.1) is 0 Å². The van der Waals surface area contributed by atoms with E-state index in [1.165, 1.54) is 6.07 Å². The maximum Gasteiger partial charge on any atom is 0.294 e. The fraction of sp³-hybridized carbons (Fsp3) is 0.222. The van der Waals surface area contributed by atoms with Crippen LogP contribution in [0.25, 0.3) is 0 Å². The molecule has 0 unspecified atom stereocenters. The van der Waals surface area contributed by atoms with Gasteiger partial charge in [-0.1, -0.05) is 15.9 Å². The lowest BCUT2D eigenvalue weighted by atomic mass is 10.1. The molecule has 0 spiro atoms. The number of nitro groups is 1. The Kier molecular flexibility index (Phi) is 3.98. The Morgan fingerprint density at radius 3 is 2.60 bits per heavy atom. The summed E-state index contributed by atoms with van der Waals surface area (Å²) < 4.78 is 0.330. The van der Waals surface area contributed by atoms with E-state index in [4.69, 9.17) is 0 Å². The first-order valence-corrected chi connectivity index (χ1v) is 5.92. The normalized spacial score (nSPS) is 10.1. The average molecular weight is 337 g/mol. The maximum absolute atomic E-state index is 11.5. The quantitative estimate of drug-likeness (QED) is 0.368. The van der Waals surface area contributed by atoms with Gasteiger partial charge >= 0.3 is 0 Å². The summed E-state index contributed by atoms with van der Waals surface area (Å²) in [5, 5.41) is 10.9. The molecule has 80 valence electrons. The van der Waals surface area contributed by atoms with Crippen LogP contribution in [0, 0.1) is 17.0 Å². The molecule has 0 saturated heterocycles. The van der Waals surface area contributed by atoms with Crippen LogP contribution in [-0.2, 0) is 0 Å². The van der Waals surface area contributed by atoms with Gasteiger partial charge in [-0.05, 0) is 40.5 Å². The lowest BCUT2D eigenvalue weighted by molar-refractivity contribution is -0.385. The van der Waals surface area contributed by atoms with Crippen molar-refractivity contribution in [3.05, 3.63) is 37.8 Å². The second-order valence-corrected chi connectivity index (χ2v) is 4.37. The van der Waals surface area contributed by atoms with E-state index in [9.17, 15) is 14.9 Å². The number of hydrogen-bond donors (Lipinski definition) is 0. The Hall–Kier alpha value is -0.750. The Morgan fingerprint density at radius 1 is 1.53 bits per heavy atom. The van der Waals surface area contributed by atoms with Crippen LogP contribution in [0.1, 0.15) is 15.9 Å². The third-order valence-corrected chi connectivity index (χ3v) is 2.93. The SMILES string of the molecule is Cc1cc(Br)c([N+](=O)[O-])c(C(=O)CBr)c1. The largest absolute Gasteiger partial charge is 0.294 e. The van der Waals surface area contributed by atoms with Gasteiger partial charge < -0.3 is 0 Å². The number of nitro benzene ring substituents is 1. The van der Waals surface area contributed by atoms with Gasteiger partial charge in [0.2, 0.25) is 0 Å². The number of carbonyl (C=O) groups is 1. The van der Waals surface area contributed by atoms with Gasteiger partial charge in [0, 0.05) is 0 Å². The molecule has 0 aliphatic carbocycles. The Labute approximate surface area is 103 Å². The van der Waals surface area contributed by atoms with Gasteiger partial charge in [-0.2, -0.15) is 0 Å². The fourth-order valence-electron chi connectivity index (χ4n) is 1.20. The number of carbonyl (C=O) groups excluding carboxylic acids is 1. The lowest BCUT2D eigenvalue weighted by Gasteiger charge is -2.03. The van der Waals surface area contributed by atoms with Crippen LogP contribution in [0.15, 0.2) is 16.6 Å². The summed E-state index contributed by atoms with van der Waals surface area (Å²) in [6.07, 6.45) is 0. The number of Topliss-reactive ketones (excluding diaryl/α,β-unsaturated/α-hetero) is 1. The van der Waals surface area contributed by atoms with E-state index < -0.39 is 4.92 Å². The smallest absolute Gasteiger partial charge is 0.293 e. The zero-order valence-corrected chi connectivity index (χ0v) is 11.0. The highest BCUT2D eigenvalue weighted by molar-refractivity contribution is 9.10. The molecule has 1 aromatic carbocycles. The van der Waals surface area contributed by atoms with Crippen LogP contribution in [-0.4, -0.2) is 16.0 Å². The Morgan fingerprint density at radius 2 is 2.13 bits per heavy atom. The predicted molar refractivity (Wildman–Crippen MR) is 63.7 cm³/mol. The highest BCUT2D eigenvalue weighted by atomic mass is 79.9.